The van der Waals surface area contributed by atoms with E-state index in [0.29, 0.717) is 0 Å². The van der Waals surface area contributed by atoms with Gasteiger partial charge in [-0.1, -0.05) is 29.3 Å². The summed E-state index contributed by atoms with van der Waals surface area (Å²) in [6.45, 7) is 1.00. The largest absolute Gasteiger partial charge is 0.296 e. The third kappa shape index (κ3) is 2.55. The Labute approximate surface area is 96.0 Å². The van der Waals surface area contributed by atoms with E-state index >= 15 is 0 Å². The number of carbonyl (C=O) groups excluding carboxylic acids is 2. The first-order valence-corrected chi connectivity index (χ1v) is 4.83. The van der Waals surface area contributed by atoms with Gasteiger partial charge in [-0.25, -0.2) is 4.39 Å². The Balaban J connectivity index is 3.12. The number of rotatable bonds is 3. The zero-order valence-corrected chi connectivity index (χ0v) is 9.27. The predicted octanol–water partition coefficient (Wildman–Crippen LogP) is 3.10. The van der Waals surface area contributed by atoms with Crippen LogP contribution in [-0.4, -0.2) is 17.7 Å². The molecule has 0 saturated carbocycles. The second-order valence-electron chi connectivity index (χ2n) is 2.94. The lowest BCUT2D eigenvalue weighted by atomic mass is 10.1. The summed E-state index contributed by atoms with van der Waals surface area (Å²) in [6.07, 6.45) is -2.18. The summed E-state index contributed by atoms with van der Waals surface area (Å²) in [5.41, 5.74) is -0.0770. The molecule has 0 amide bonds. The maximum atomic E-state index is 13.1. The molecule has 0 spiro atoms. The first kappa shape index (κ1) is 12.1. The smallest absolute Gasteiger partial charge is 0.220 e. The lowest BCUT2D eigenvalue weighted by Crippen LogP contribution is -2.23. The highest BCUT2D eigenvalue weighted by molar-refractivity contribution is 6.44. The summed E-state index contributed by atoms with van der Waals surface area (Å²) in [4.78, 5) is 22.1. The summed E-state index contributed by atoms with van der Waals surface area (Å²) in [6, 6.07) is 4.27. The number of hydrogen-bond acceptors (Lipinski definition) is 2. The van der Waals surface area contributed by atoms with Gasteiger partial charge in [0.2, 0.25) is 12.0 Å². The molecular formula is C10H7Cl2FO2. The number of benzene rings is 1. The van der Waals surface area contributed by atoms with Crippen LogP contribution in [0.25, 0.3) is 0 Å². The number of carbonyl (C=O) groups is 2. The van der Waals surface area contributed by atoms with E-state index in [9.17, 15) is 14.0 Å². The Hall–Kier alpha value is -0.930. The summed E-state index contributed by atoms with van der Waals surface area (Å²) >= 11 is 11.4. The van der Waals surface area contributed by atoms with E-state index in [1.807, 2.05) is 0 Å². The molecule has 15 heavy (non-hydrogen) atoms. The summed E-state index contributed by atoms with van der Waals surface area (Å²) in [5, 5.41) is 0.117. The molecule has 0 aromatic heterocycles. The molecule has 0 bridgehead atoms. The highest BCUT2D eigenvalue weighted by Gasteiger charge is 2.25. The van der Waals surface area contributed by atoms with Crippen LogP contribution in [0.4, 0.5) is 4.39 Å². The fourth-order valence-corrected chi connectivity index (χ4v) is 1.41. The van der Waals surface area contributed by atoms with Crippen LogP contribution in [0.5, 0.6) is 0 Å². The average molecular weight is 249 g/mol. The third-order valence-electron chi connectivity index (χ3n) is 1.80. The van der Waals surface area contributed by atoms with E-state index in [1.165, 1.54) is 18.2 Å². The second kappa shape index (κ2) is 4.73. The Kier molecular flexibility index (Phi) is 3.83. The van der Waals surface area contributed by atoms with E-state index in [2.05, 4.69) is 0 Å². The van der Waals surface area contributed by atoms with Crippen LogP contribution in [0.1, 0.15) is 17.3 Å². The Morgan fingerprint density at radius 2 is 1.93 bits per heavy atom. The number of halogens is 3. The third-order valence-corrected chi connectivity index (χ3v) is 2.62. The molecule has 2 nitrogen and oxygen atoms in total. The Morgan fingerprint density at radius 1 is 1.33 bits per heavy atom. The van der Waals surface area contributed by atoms with Gasteiger partial charge in [-0.05, 0) is 19.1 Å². The summed E-state index contributed by atoms with van der Waals surface area (Å²) < 4.78 is 13.1. The zero-order chi connectivity index (χ0) is 11.6. The van der Waals surface area contributed by atoms with Gasteiger partial charge >= 0.3 is 0 Å². The van der Waals surface area contributed by atoms with Gasteiger partial charge in [0.05, 0.1) is 10.0 Å². The molecule has 1 unspecified atom stereocenters. The molecule has 1 aromatic carbocycles. The minimum atomic E-state index is -2.18. The molecule has 5 heteroatoms. The summed E-state index contributed by atoms with van der Waals surface area (Å²) in [5.74, 6) is -1.81. The maximum Gasteiger partial charge on any atom is 0.220 e. The van der Waals surface area contributed by atoms with Crippen molar-refractivity contribution in [1.29, 1.82) is 0 Å². The van der Waals surface area contributed by atoms with Crippen molar-refractivity contribution >= 4 is 34.8 Å². The van der Waals surface area contributed by atoms with Crippen molar-refractivity contribution in [2.45, 2.75) is 13.1 Å². The number of Topliss-reactive ketones (excluding diaryl/α,β-unsaturated/α-hetero) is 2. The zero-order valence-electron chi connectivity index (χ0n) is 7.76. The molecule has 0 heterocycles. The van der Waals surface area contributed by atoms with Gasteiger partial charge in [-0.2, -0.15) is 0 Å². The van der Waals surface area contributed by atoms with Gasteiger partial charge in [0.1, 0.15) is 0 Å². The van der Waals surface area contributed by atoms with Crippen LogP contribution in [-0.2, 0) is 4.79 Å². The molecule has 1 aromatic rings. The Bertz CT molecular complexity index is 418. The number of ketones is 2. The fraction of sp³-hybridized carbons (Fsp3) is 0.200. The van der Waals surface area contributed by atoms with Crippen molar-refractivity contribution in [3.63, 3.8) is 0 Å². The summed E-state index contributed by atoms with van der Waals surface area (Å²) in [7, 11) is 0. The second-order valence-corrected chi connectivity index (χ2v) is 3.72. The van der Waals surface area contributed by atoms with Gasteiger partial charge in [0.15, 0.2) is 5.78 Å². The lowest BCUT2D eigenvalue weighted by Gasteiger charge is -2.06. The quantitative estimate of drug-likeness (QED) is 0.609. The van der Waals surface area contributed by atoms with Crippen molar-refractivity contribution in [2.75, 3.05) is 0 Å². The SMILES string of the molecule is CC(=O)C(F)C(=O)c1cccc(Cl)c1Cl. The van der Waals surface area contributed by atoms with Crippen molar-refractivity contribution < 1.29 is 14.0 Å². The van der Waals surface area contributed by atoms with Crippen molar-refractivity contribution in [3.05, 3.63) is 33.8 Å². The molecule has 0 N–H and O–H groups in total. The number of alkyl halides is 1. The molecule has 0 radical (unpaired) electrons. The standard InChI is InChI=1S/C10H7Cl2FO2/c1-5(14)9(13)10(15)6-3-2-4-7(11)8(6)12/h2-4,9H,1H3. The van der Waals surface area contributed by atoms with Crippen LogP contribution >= 0.6 is 23.2 Å². The van der Waals surface area contributed by atoms with E-state index < -0.39 is 17.7 Å². The Morgan fingerprint density at radius 3 is 2.47 bits per heavy atom. The predicted molar refractivity (Wildman–Crippen MR) is 56.4 cm³/mol. The van der Waals surface area contributed by atoms with Crippen LogP contribution in [0.2, 0.25) is 10.0 Å². The van der Waals surface area contributed by atoms with Crippen LogP contribution in [0.15, 0.2) is 18.2 Å². The maximum absolute atomic E-state index is 13.1. The molecule has 0 fully saturated rings. The van der Waals surface area contributed by atoms with E-state index in [4.69, 9.17) is 23.2 Å². The monoisotopic (exact) mass is 248 g/mol. The van der Waals surface area contributed by atoms with Crippen molar-refractivity contribution in [1.82, 2.24) is 0 Å². The van der Waals surface area contributed by atoms with Crippen molar-refractivity contribution in [3.8, 4) is 0 Å². The molecule has 0 saturated heterocycles. The van der Waals surface area contributed by atoms with Gasteiger partial charge in [-0.3, -0.25) is 9.59 Å². The molecule has 0 aliphatic heterocycles. The normalized spacial score (nSPS) is 12.3. The van der Waals surface area contributed by atoms with Gasteiger partial charge < -0.3 is 0 Å². The highest BCUT2D eigenvalue weighted by atomic mass is 35.5. The van der Waals surface area contributed by atoms with E-state index in [0.717, 1.165) is 6.92 Å². The lowest BCUT2D eigenvalue weighted by molar-refractivity contribution is -0.120. The van der Waals surface area contributed by atoms with Gasteiger partial charge in [0.25, 0.3) is 0 Å². The van der Waals surface area contributed by atoms with Crippen LogP contribution < -0.4 is 0 Å². The first-order valence-electron chi connectivity index (χ1n) is 4.08. The minimum absolute atomic E-state index is 0.0342. The van der Waals surface area contributed by atoms with Gasteiger partial charge in [0, 0.05) is 5.56 Å². The first-order chi connectivity index (χ1) is 6.95. The number of hydrogen-bond donors (Lipinski definition) is 0. The van der Waals surface area contributed by atoms with E-state index in [1.54, 1.807) is 0 Å². The van der Waals surface area contributed by atoms with Crippen LogP contribution in [0.3, 0.4) is 0 Å². The topological polar surface area (TPSA) is 34.1 Å². The van der Waals surface area contributed by atoms with Crippen LogP contribution in [0, 0.1) is 0 Å². The molecular weight excluding hydrogens is 242 g/mol. The minimum Gasteiger partial charge on any atom is -0.296 e. The molecule has 0 aliphatic carbocycles. The van der Waals surface area contributed by atoms with Gasteiger partial charge in [-0.15, -0.1) is 0 Å². The molecule has 0 aliphatic rings. The molecule has 1 atom stereocenters. The molecule has 80 valence electrons. The highest BCUT2D eigenvalue weighted by Crippen LogP contribution is 2.26. The van der Waals surface area contributed by atoms with Crippen molar-refractivity contribution in [2.24, 2.45) is 0 Å². The van der Waals surface area contributed by atoms with E-state index in [-0.39, 0.29) is 15.6 Å². The molecule has 1 rings (SSSR count). The average Bonchev–Trinajstić information content (AvgIpc) is 2.20. The fourth-order valence-electron chi connectivity index (χ4n) is 1.02.